The van der Waals surface area contributed by atoms with Gasteiger partial charge in [-0.3, -0.25) is 14.4 Å². The fraction of sp³-hybridized carbons (Fsp3) is 0.774. The van der Waals surface area contributed by atoms with Crippen molar-refractivity contribution in [3.63, 3.8) is 0 Å². The van der Waals surface area contributed by atoms with Crippen molar-refractivity contribution < 1.29 is 24.2 Å². The molecule has 3 saturated heterocycles. The number of unbranched alkanes of at least 4 members (excludes halogenated alkanes) is 2. The lowest BCUT2D eigenvalue weighted by Crippen LogP contribution is -2.61. The van der Waals surface area contributed by atoms with E-state index in [0.717, 1.165) is 19.3 Å². The molecular formula is C31H50N2O5S. The number of carbonyl (C=O) groups is 3. The van der Waals surface area contributed by atoms with Gasteiger partial charge in [0.2, 0.25) is 11.8 Å². The molecule has 0 aromatic heterocycles. The number of nitrogens with zero attached hydrogens (tertiary/aromatic N) is 2. The van der Waals surface area contributed by atoms with E-state index < -0.39 is 28.2 Å². The van der Waals surface area contributed by atoms with Crippen LogP contribution in [0.4, 0.5) is 0 Å². The molecule has 3 unspecified atom stereocenters. The number of thioether (sulfide) groups is 1. The van der Waals surface area contributed by atoms with Crippen molar-refractivity contribution in [2.45, 2.75) is 102 Å². The molecule has 1 spiro atoms. The second kappa shape index (κ2) is 12.4. The number of aliphatic hydroxyl groups excluding tert-OH is 1. The molecule has 2 bridgehead atoms. The summed E-state index contributed by atoms with van der Waals surface area (Å²) < 4.78 is 4.94. The Morgan fingerprint density at radius 2 is 1.87 bits per heavy atom. The predicted octanol–water partition coefficient (Wildman–Crippen LogP) is 4.83. The highest BCUT2D eigenvalue weighted by molar-refractivity contribution is 8.02. The third-order valence-corrected chi connectivity index (χ3v) is 10.7. The van der Waals surface area contributed by atoms with Gasteiger partial charge in [0.15, 0.2) is 0 Å². The van der Waals surface area contributed by atoms with E-state index in [0.29, 0.717) is 32.4 Å². The third-order valence-electron chi connectivity index (χ3n) is 8.65. The van der Waals surface area contributed by atoms with Gasteiger partial charge >= 0.3 is 5.97 Å². The van der Waals surface area contributed by atoms with E-state index in [2.05, 4.69) is 54.7 Å². The highest BCUT2D eigenvalue weighted by Crippen LogP contribution is 2.69. The molecule has 6 atom stereocenters. The van der Waals surface area contributed by atoms with Gasteiger partial charge in [0.05, 0.1) is 23.2 Å². The van der Waals surface area contributed by atoms with Crippen LogP contribution in [0.2, 0.25) is 0 Å². The fourth-order valence-electron chi connectivity index (χ4n) is 7.52. The van der Waals surface area contributed by atoms with Crippen molar-refractivity contribution in [2.75, 3.05) is 26.3 Å². The minimum atomic E-state index is -0.671. The molecule has 2 amide bonds. The molecule has 7 nitrogen and oxygen atoms in total. The normalized spacial score (nSPS) is 29.9. The number of ether oxygens (including phenoxy) is 1. The summed E-state index contributed by atoms with van der Waals surface area (Å²) in [6.07, 6.45) is 7.73. The Labute approximate surface area is 239 Å². The van der Waals surface area contributed by atoms with E-state index >= 15 is 0 Å². The zero-order chi connectivity index (χ0) is 29.2. The van der Waals surface area contributed by atoms with E-state index in [4.69, 9.17) is 4.74 Å². The molecule has 3 rings (SSSR count). The van der Waals surface area contributed by atoms with Crippen LogP contribution in [-0.4, -0.2) is 80.6 Å². The molecule has 3 aliphatic heterocycles. The van der Waals surface area contributed by atoms with Gasteiger partial charge in [0, 0.05) is 30.5 Å². The van der Waals surface area contributed by atoms with Gasteiger partial charge in [-0.15, -0.1) is 24.9 Å². The van der Waals surface area contributed by atoms with Gasteiger partial charge < -0.3 is 19.6 Å². The number of fused-ring (bicyclic) bond motifs is 1. The zero-order valence-corrected chi connectivity index (χ0v) is 25.7. The average Bonchev–Trinajstić information content (AvgIpc) is 3.42. The summed E-state index contributed by atoms with van der Waals surface area (Å²) in [5, 5.41) is 9.25. The quantitative estimate of drug-likeness (QED) is 0.185. The first kappa shape index (κ1) is 31.7. The van der Waals surface area contributed by atoms with E-state index in [9.17, 15) is 19.5 Å². The zero-order valence-electron chi connectivity index (χ0n) is 24.9. The van der Waals surface area contributed by atoms with Crippen LogP contribution in [0.3, 0.4) is 0 Å². The van der Waals surface area contributed by atoms with E-state index in [-0.39, 0.29) is 47.6 Å². The average molecular weight is 563 g/mol. The van der Waals surface area contributed by atoms with Gasteiger partial charge in [-0.2, -0.15) is 0 Å². The molecular weight excluding hydrogens is 512 g/mol. The Bertz CT molecular complexity index is 944. The molecule has 0 aromatic rings. The summed E-state index contributed by atoms with van der Waals surface area (Å²) in [7, 11) is 0. The molecule has 0 saturated carbocycles. The Morgan fingerprint density at radius 3 is 2.46 bits per heavy atom. The van der Waals surface area contributed by atoms with Crippen molar-refractivity contribution in [2.24, 2.45) is 23.2 Å². The van der Waals surface area contributed by atoms with E-state index in [1.165, 1.54) is 0 Å². The Morgan fingerprint density at radius 1 is 1.18 bits per heavy atom. The minimum Gasteiger partial charge on any atom is -0.465 e. The van der Waals surface area contributed by atoms with Crippen LogP contribution in [0.1, 0.15) is 80.1 Å². The molecule has 3 heterocycles. The molecule has 8 heteroatoms. The van der Waals surface area contributed by atoms with Crippen molar-refractivity contribution in [3.05, 3.63) is 25.3 Å². The molecule has 220 valence electrons. The maximum Gasteiger partial charge on any atom is 0.310 e. The molecule has 0 radical (unpaired) electrons. The standard InChI is InChI=1S/C31H50N2O5S/c1-9-11-18-38-28(37)23-22-19-21(3)31(39-22)24(23)26(35)32(16-13-12-14-17-34)25(31)27(36)33(15-10-2)30(7,8)20-29(4,5)6/h9-10,21-25,34H,1-2,11-20H2,3-8H3/t21?,22-,23+,24-,25?,31?/m0/s1. The van der Waals surface area contributed by atoms with Gasteiger partial charge in [-0.1, -0.05) is 39.8 Å². The Balaban J connectivity index is 2.05. The molecule has 0 aromatic carbocycles. The molecule has 0 aliphatic carbocycles. The number of rotatable bonds is 14. The summed E-state index contributed by atoms with van der Waals surface area (Å²) in [5.74, 6) is -1.50. The molecule has 1 N–H and O–H groups in total. The first-order valence-corrected chi connectivity index (χ1v) is 15.4. The summed E-state index contributed by atoms with van der Waals surface area (Å²) in [6, 6.07) is -0.653. The molecule has 3 fully saturated rings. The third kappa shape index (κ3) is 6.12. The van der Waals surface area contributed by atoms with Crippen LogP contribution in [0, 0.1) is 23.2 Å². The summed E-state index contributed by atoms with van der Waals surface area (Å²) in [6.45, 7) is 21.7. The van der Waals surface area contributed by atoms with E-state index in [1.807, 2.05) is 4.90 Å². The highest BCUT2D eigenvalue weighted by atomic mass is 32.2. The van der Waals surface area contributed by atoms with Crippen LogP contribution in [-0.2, 0) is 19.1 Å². The summed E-state index contributed by atoms with van der Waals surface area (Å²) in [4.78, 5) is 46.1. The SMILES string of the molecule is C=CCCOC(=O)[C@@H]1[C@@H]2CC(C)C3(S2)C(C(=O)N(CC=C)C(C)(C)CC(C)(C)C)N(CCCCCO)C(=O)[C@H]13. The molecule has 39 heavy (non-hydrogen) atoms. The van der Waals surface area contributed by atoms with Crippen molar-refractivity contribution in [3.8, 4) is 0 Å². The van der Waals surface area contributed by atoms with Crippen molar-refractivity contribution >= 4 is 29.5 Å². The number of hydrogen-bond donors (Lipinski definition) is 1. The number of esters is 1. The summed E-state index contributed by atoms with van der Waals surface area (Å²) >= 11 is 1.68. The monoisotopic (exact) mass is 562 g/mol. The first-order valence-electron chi connectivity index (χ1n) is 14.6. The maximum atomic E-state index is 14.8. The molecule has 3 aliphatic rings. The second-order valence-electron chi connectivity index (χ2n) is 13.4. The van der Waals surface area contributed by atoms with Crippen LogP contribution < -0.4 is 0 Å². The topological polar surface area (TPSA) is 87.2 Å². The van der Waals surface area contributed by atoms with Crippen LogP contribution in [0.15, 0.2) is 25.3 Å². The number of amides is 2. The maximum absolute atomic E-state index is 14.8. The van der Waals surface area contributed by atoms with Crippen LogP contribution in [0.5, 0.6) is 0 Å². The van der Waals surface area contributed by atoms with Crippen molar-refractivity contribution in [1.82, 2.24) is 9.80 Å². The highest BCUT2D eigenvalue weighted by Gasteiger charge is 2.76. The Hall–Kier alpha value is -1.80. The lowest BCUT2D eigenvalue weighted by molar-refractivity contribution is -0.154. The Kier molecular flexibility index (Phi) is 10.1. The second-order valence-corrected chi connectivity index (χ2v) is 14.9. The van der Waals surface area contributed by atoms with Crippen LogP contribution in [0.25, 0.3) is 0 Å². The lowest BCUT2D eigenvalue weighted by Gasteiger charge is -2.46. The fourth-order valence-corrected chi connectivity index (χ4v) is 9.93. The smallest absolute Gasteiger partial charge is 0.310 e. The first-order chi connectivity index (χ1) is 18.3. The van der Waals surface area contributed by atoms with Gasteiger partial charge in [-0.05, 0) is 63.7 Å². The predicted molar refractivity (Wildman–Crippen MR) is 157 cm³/mol. The van der Waals surface area contributed by atoms with E-state index in [1.54, 1.807) is 28.8 Å². The number of carbonyl (C=O) groups excluding carboxylic acids is 3. The summed E-state index contributed by atoms with van der Waals surface area (Å²) in [5.41, 5.74) is -0.467. The van der Waals surface area contributed by atoms with Gasteiger partial charge in [-0.25, -0.2) is 0 Å². The largest absolute Gasteiger partial charge is 0.465 e. The van der Waals surface area contributed by atoms with Crippen molar-refractivity contribution in [1.29, 1.82) is 0 Å². The number of hydrogen-bond acceptors (Lipinski definition) is 6. The lowest BCUT2D eigenvalue weighted by atomic mass is 9.66. The van der Waals surface area contributed by atoms with Gasteiger partial charge in [0.25, 0.3) is 0 Å². The number of likely N-dealkylation sites (tertiary alicyclic amines) is 1. The number of aliphatic hydroxyl groups is 1. The van der Waals surface area contributed by atoms with Crippen LogP contribution >= 0.6 is 11.8 Å². The minimum absolute atomic E-state index is 0.00631. The van der Waals surface area contributed by atoms with Gasteiger partial charge in [0.1, 0.15) is 6.04 Å².